The molecular formula is C12H14. The van der Waals surface area contributed by atoms with Gasteiger partial charge in [0.05, 0.1) is 0 Å². The van der Waals surface area contributed by atoms with Gasteiger partial charge in [-0.3, -0.25) is 0 Å². The van der Waals surface area contributed by atoms with E-state index in [0.29, 0.717) is 0 Å². The van der Waals surface area contributed by atoms with Crippen molar-refractivity contribution in [2.45, 2.75) is 13.3 Å². The van der Waals surface area contributed by atoms with Gasteiger partial charge in [0.25, 0.3) is 0 Å². The van der Waals surface area contributed by atoms with Crippen LogP contribution in [0.2, 0.25) is 0 Å². The van der Waals surface area contributed by atoms with Crippen molar-refractivity contribution in [3.63, 3.8) is 0 Å². The Bertz CT molecular complexity index is 265. The number of benzene rings is 1. The summed E-state index contributed by atoms with van der Waals surface area (Å²) in [5.41, 5.74) is 2.53. The molecule has 12 heavy (non-hydrogen) atoms. The lowest BCUT2D eigenvalue weighted by molar-refractivity contribution is 1.26. The summed E-state index contributed by atoms with van der Waals surface area (Å²) in [6.07, 6.45) is 7.11. The molecule has 0 heterocycles. The van der Waals surface area contributed by atoms with Crippen molar-refractivity contribution in [2.24, 2.45) is 0 Å². The smallest absolute Gasteiger partial charge is 0.00976 e. The SMILES string of the molecule is C=Cc1ccc(CC=CC)cc1. The molecule has 0 aliphatic heterocycles. The zero-order chi connectivity index (χ0) is 8.81. The molecule has 0 saturated heterocycles. The number of hydrogen-bond donors (Lipinski definition) is 0. The number of rotatable bonds is 3. The van der Waals surface area contributed by atoms with Crippen molar-refractivity contribution in [3.05, 3.63) is 54.1 Å². The fourth-order valence-electron chi connectivity index (χ4n) is 1.04. The average molecular weight is 158 g/mol. The quantitative estimate of drug-likeness (QED) is 0.591. The molecule has 0 saturated carbocycles. The maximum Gasteiger partial charge on any atom is -0.00976 e. The van der Waals surface area contributed by atoms with Crippen LogP contribution in [0.5, 0.6) is 0 Å². The summed E-state index contributed by atoms with van der Waals surface area (Å²) in [5, 5.41) is 0. The molecule has 0 nitrogen and oxygen atoms in total. The molecule has 0 aliphatic carbocycles. The Hall–Kier alpha value is -1.30. The van der Waals surface area contributed by atoms with Gasteiger partial charge in [0.2, 0.25) is 0 Å². The van der Waals surface area contributed by atoms with E-state index in [2.05, 4.69) is 43.0 Å². The maximum atomic E-state index is 3.71. The summed E-state index contributed by atoms with van der Waals surface area (Å²) in [4.78, 5) is 0. The van der Waals surface area contributed by atoms with Gasteiger partial charge >= 0.3 is 0 Å². The van der Waals surface area contributed by atoms with Gasteiger partial charge in [-0.25, -0.2) is 0 Å². The third-order valence-corrected chi connectivity index (χ3v) is 1.80. The molecule has 0 radical (unpaired) electrons. The lowest BCUT2D eigenvalue weighted by Gasteiger charge is -1.96. The highest BCUT2D eigenvalue weighted by Crippen LogP contribution is 2.06. The Morgan fingerprint density at radius 3 is 2.42 bits per heavy atom. The lowest BCUT2D eigenvalue weighted by Crippen LogP contribution is -1.80. The zero-order valence-electron chi connectivity index (χ0n) is 7.46. The molecule has 0 N–H and O–H groups in total. The fraction of sp³-hybridized carbons (Fsp3) is 0.167. The van der Waals surface area contributed by atoms with Gasteiger partial charge in [0.1, 0.15) is 0 Å². The first-order chi connectivity index (χ1) is 5.86. The normalized spacial score (nSPS) is 10.4. The summed E-state index contributed by atoms with van der Waals surface area (Å²) in [7, 11) is 0. The Morgan fingerprint density at radius 2 is 1.92 bits per heavy atom. The second kappa shape index (κ2) is 4.55. The Labute approximate surface area is 74.2 Å². The number of allylic oxidation sites excluding steroid dienone is 2. The summed E-state index contributed by atoms with van der Waals surface area (Å²) in [6.45, 7) is 5.75. The van der Waals surface area contributed by atoms with Crippen molar-refractivity contribution in [1.29, 1.82) is 0 Å². The van der Waals surface area contributed by atoms with Gasteiger partial charge in [0, 0.05) is 0 Å². The second-order valence-corrected chi connectivity index (χ2v) is 2.72. The molecule has 1 aromatic rings. The molecule has 0 amide bonds. The van der Waals surface area contributed by atoms with Crippen molar-refractivity contribution >= 4 is 6.08 Å². The monoisotopic (exact) mass is 158 g/mol. The first-order valence-electron chi connectivity index (χ1n) is 4.19. The van der Waals surface area contributed by atoms with Crippen LogP contribution in [0, 0.1) is 0 Å². The van der Waals surface area contributed by atoms with Gasteiger partial charge in [-0.15, -0.1) is 0 Å². The van der Waals surface area contributed by atoms with Crippen molar-refractivity contribution < 1.29 is 0 Å². The predicted octanol–water partition coefficient (Wildman–Crippen LogP) is 3.45. The first kappa shape index (κ1) is 8.79. The molecule has 0 atom stereocenters. The molecule has 1 aromatic carbocycles. The highest BCUT2D eigenvalue weighted by molar-refractivity contribution is 5.47. The van der Waals surface area contributed by atoms with Gasteiger partial charge < -0.3 is 0 Å². The van der Waals surface area contributed by atoms with Crippen LogP contribution < -0.4 is 0 Å². The third-order valence-electron chi connectivity index (χ3n) is 1.80. The second-order valence-electron chi connectivity index (χ2n) is 2.72. The Balaban J connectivity index is 2.70. The zero-order valence-corrected chi connectivity index (χ0v) is 7.46. The van der Waals surface area contributed by atoms with Gasteiger partial charge in [-0.2, -0.15) is 0 Å². The predicted molar refractivity (Wildman–Crippen MR) is 55.1 cm³/mol. The van der Waals surface area contributed by atoms with Crippen molar-refractivity contribution in [2.75, 3.05) is 0 Å². The van der Waals surface area contributed by atoms with E-state index in [9.17, 15) is 0 Å². The minimum Gasteiger partial charge on any atom is -0.0985 e. The van der Waals surface area contributed by atoms with Crippen LogP contribution in [0.15, 0.2) is 43.0 Å². The topological polar surface area (TPSA) is 0 Å². The van der Waals surface area contributed by atoms with E-state index in [-0.39, 0.29) is 0 Å². The van der Waals surface area contributed by atoms with Crippen LogP contribution in [0.1, 0.15) is 18.1 Å². The standard InChI is InChI=1S/C12H14/c1-3-5-6-12-9-7-11(4-2)8-10-12/h3-5,7-10H,2,6H2,1H3. The van der Waals surface area contributed by atoms with E-state index in [1.807, 2.05) is 13.0 Å². The Morgan fingerprint density at radius 1 is 1.25 bits per heavy atom. The highest BCUT2D eigenvalue weighted by atomic mass is 13.9. The van der Waals surface area contributed by atoms with E-state index in [1.165, 1.54) is 11.1 Å². The molecule has 0 spiro atoms. The van der Waals surface area contributed by atoms with Gasteiger partial charge in [-0.05, 0) is 24.5 Å². The van der Waals surface area contributed by atoms with Crippen LogP contribution in [0.3, 0.4) is 0 Å². The van der Waals surface area contributed by atoms with Crippen LogP contribution >= 0.6 is 0 Å². The summed E-state index contributed by atoms with van der Waals surface area (Å²) in [5.74, 6) is 0. The van der Waals surface area contributed by atoms with E-state index in [0.717, 1.165) is 6.42 Å². The molecule has 0 bridgehead atoms. The lowest BCUT2D eigenvalue weighted by atomic mass is 10.1. The summed E-state index contributed by atoms with van der Waals surface area (Å²) >= 11 is 0. The van der Waals surface area contributed by atoms with E-state index in [1.54, 1.807) is 0 Å². The minimum atomic E-state index is 1.02. The molecule has 0 aromatic heterocycles. The first-order valence-corrected chi connectivity index (χ1v) is 4.19. The number of hydrogen-bond acceptors (Lipinski definition) is 0. The molecule has 0 aliphatic rings. The molecule has 1 rings (SSSR count). The van der Waals surface area contributed by atoms with Gasteiger partial charge in [-0.1, -0.05) is 49.1 Å². The van der Waals surface area contributed by atoms with E-state index >= 15 is 0 Å². The summed E-state index contributed by atoms with van der Waals surface area (Å²) < 4.78 is 0. The van der Waals surface area contributed by atoms with Gasteiger partial charge in [0.15, 0.2) is 0 Å². The van der Waals surface area contributed by atoms with Crippen molar-refractivity contribution in [3.8, 4) is 0 Å². The highest BCUT2D eigenvalue weighted by Gasteiger charge is 1.88. The third kappa shape index (κ3) is 2.39. The maximum absolute atomic E-state index is 3.71. The Kier molecular flexibility index (Phi) is 3.34. The van der Waals surface area contributed by atoms with Crippen LogP contribution in [-0.2, 0) is 6.42 Å². The van der Waals surface area contributed by atoms with E-state index < -0.39 is 0 Å². The van der Waals surface area contributed by atoms with E-state index in [4.69, 9.17) is 0 Å². The largest absolute Gasteiger partial charge is 0.0985 e. The average Bonchev–Trinajstić information content (AvgIpc) is 2.15. The molecule has 62 valence electrons. The minimum absolute atomic E-state index is 1.02. The van der Waals surface area contributed by atoms with Crippen LogP contribution in [0.25, 0.3) is 6.08 Å². The van der Waals surface area contributed by atoms with Crippen molar-refractivity contribution in [1.82, 2.24) is 0 Å². The summed E-state index contributed by atoms with van der Waals surface area (Å²) in [6, 6.07) is 8.45. The van der Waals surface area contributed by atoms with Crippen LogP contribution in [0.4, 0.5) is 0 Å². The van der Waals surface area contributed by atoms with Crippen LogP contribution in [-0.4, -0.2) is 0 Å². The molecular weight excluding hydrogens is 144 g/mol. The molecule has 0 unspecified atom stereocenters. The molecule has 0 fully saturated rings. The molecule has 0 heteroatoms. The fourth-order valence-corrected chi connectivity index (χ4v) is 1.04.